The van der Waals surface area contributed by atoms with Gasteiger partial charge in [0.15, 0.2) is 0 Å². The van der Waals surface area contributed by atoms with Crippen molar-refractivity contribution in [1.29, 1.82) is 0 Å². The number of amides is 2. The zero-order valence-electron chi connectivity index (χ0n) is 17.5. The Morgan fingerprint density at radius 1 is 0.935 bits per heavy atom. The quantitative estimate of drug-likeness (QED) is 0.367. The minimum Gasteiger partial charge on any atom is -0.326 e. The van der Waals surface area contributed by atoms with Gasteiger partial charge >= 0.3 is 0 Å². The summed E-state index contributed by atoms with van der Waals surface area (Å²) >= 11 is 7.65. The van der Waals surface area contributed by atoms with Crippen LogP contribution >= 0.6 is 23.4 Å². The molecule has 3 aromatic carbocycles. The van der Waals surface area contributed by atoms with Crippen molar-refractivity contribution >= 4 is 46.6 Å². The highest BCUT2D eigenvalue weighted by Gasteiger charge is 2.22. The Morgan fingerprint density at radius 2 is 1.68 bits per heavy atom. The third-order valence-electron chi connectivity index (χ3n) is 4.63. The Labute approximate surface area is 192 Å². The van der Waals surface area contributed by atoms with Gasteiger partial charge in [0.05, 0.1) is 0 Å². The van der Waals surface area contributed by atoms with E-state index < -0.39 is 5.25 Å². The van der Waals surface area contributed by atoms with Crippen LogP contribution in [0, 0.1) is 6.92 Å². The molecule has 0 heterocycles. The summed E-state index contributed by atoms with van der Waals surface area (Å²) in [6, 6.07) is 22.7. The summed E-state index contributed by atoms with van der Waals surface area (Å²) in [5.74, 6) is -0.158. The van der Waals surface area contributed by atoms with Gasteiger partial charge in [-0.1, -0.05) is 61.0 Å². The number of benzene rings is 3. The van der Waals surface area contributed by atoms with Crippen LogP contribution in [0.3, 0.4) is 0 Å². The molecule has 2 N–H and O–H groups in total. The Bertz CT molecular complexity index is 1060. The molecule has 0 aromatic heterocycles. The molecule has 31 heavy (non-hydrogen) atoms. The van der Waals surface area contributed by atoms with Gasteiger partial charge in [0, 0.05) is 27.7 Å². The number of rotatable bonds is 8. The molecule has 4 nitrogen and oxygen atoms in total. The largest absolute Gasteiger partial charge is 0.326 e. The van der Waals surface area contributed by atoms with Crippen molar-refractivity contribution in [3.8, 4) is 0 Å². The van der Waals surface area contributed by atoms with Gasteiger partial charge in [0.2, 0.25) is 11.8 Å². The van der Waals surface area contributed by atoms with Crippen LogP contribution in [0.25, 0.3) is 0 Å². The SMILES string of the molecule is CCCC(=O)Nc1cccc(SC(C(=O)Nc2ccc(C)c(Cl)c2)c2ccccc2)c1. The lowest BCUT2D eigenvalue weighted by Crippen LogP contribution is -2.19. The summed E-state index contributed by atoms with van der Waals surface area (Å²) in [7, 11) is 0. The molecule has 160 valence electrons. The van der Waals surface area contributed by atoms with Gasteiger partial charge in [-0.2, -0.15) is 0 Å². The maximum absolute atomic E-state index is 13.2. The third kappa shape index (κ3) is 6.61. The summed E-state index contributed by atoms with van der Waals surface area (Å²) in [6.45, 7) is 3.89. The number of hydrogen-bond donors (Lipinski definition) is 2. The second-order valence-electron chi connectivity index (χ2n) is 7.19. The lowest BCUT2D eigenvalue weighted by molar-refractivity contribution is -0.116. The fourth-order valence-corrected chi connectivity index (χ4v) is 4.28. The first kappa shape index (κ1) is 22.9. The highest BCUT2D eigenvalue weighted by molar-refractivity contribution is 8.00. The molecule has 0 saturated carbocycles. The van der Waals surface area contributed by atoms with E-state index in [-0.39, 0.29) is 11.8 Å². The van der Waals surface area contributed by atoms with E-state index >= 15 is 0 Å². The molecule has 0 aliphatic rings. The predicted octanol–water partition coefficient (Wildman–Crippen LogP) is 6.86. The second-order valence-corrected chi connectivity index (χ2v) is 8.77. The molecule has 0 radical (unpaired) electrons. The number of thioether (sulfide) groups is 1. The van der Waals surface area contributed by atoms with Gasteiger partial charge in [0.1, 0.15) is 5.25 Å². The molecular formula is C25H25ClN2O2S. The summed E-state index contributed by atoms with van der Waals surface area (Å²) in [5, 5.41) is 6.03. The normalized spacial score (nSPS) is 11.6. The predicted molar refractivity (Wildman–Crippen MR) is 130 cm³/mol. The Hall–Kier alpha value is -2.76. The fraction of sp³-hybridized carbons (Fsp3) is 0.200. The van der Waals surface area contributed by atoms with E-state index in [0.717, 1.165) is 28.1 Å². The number of aryl methyl sites for hydroxylation is 1. The molecule has 3 rings (SSSR count). The van der Waals surface area contributed by atoms with Crippen LogP contribution in [-0.2, 0) is 9.59 Å². The van der Waals surface area contributed by atoms with Crippen LogP contribution in [0.2, 0.25) is 5.02 Å². The Kier molecular flexibility index (Phi) is 8.15. The van der Waals surface area contributed by atoms with E-state index in [1.54, 1.807) is 6.07 Å². The first-order valence-electron chi connectivity index (χ1n) is 10.1. The smallest absolute Gasteiger partial charge is 0.242 e. The van der Waals surface area contributed by atoms with Crippen LogP contribution in [-0.4, -0.2) is 11.8 Å². The number of nitrogens with one attached hydrogen (secondary N) is 2. The van der Waals surface area contributed by atoms with Gasteiger partial charge < -0.3 is 10.6 Å². The molecule has 1 unspecified atom stereocenters. The number of halogens is 1. The molecule has 0 saturated heterocycles. The molecule has 6 heteroatoms. The summed E-state index contributed by atoms with van der Waals surface area (Å²) in [4.78, 5) is 26.0. The first-order chi connectivity index (χ1) is 15.0. The Morgan fingerprint density at radius 3 is 2.39 bits per heavy atom. The molecule has 0 bridgehead atoms. The zero-order valence-corrected chi connectivity index (χ0v) is 19.1. The number of carbonyl (C=O) groups is 2. The van der Waals surface area contributed by atoms with Crippen molar-refractivity contribution in [2.75, 3.05) is 10.6 Å². The minimum absolute atomic E-state index is 0.0155. The van der Waals surface area contributed by atoms with Crippen molar-refractivity contribution in [3.05, 3.63) is 88.9 Å². The van der Waals surface area contributed by atoms with E-state index in [2.05, 4.69) is 10.6 Å². The highest BCUT2D eigenvalue weighted by Crippen LogP contribution is 2.37. The first-order valence-corrected chi connectivity index (χ1v) is 11.4. The molecule has 0 spiro atoms. The maximum atomic E-state index is 13.2. The fourth-order valence-electron chi connectivity index (χ4n) is 3.01. The average molecular weight is 453 g/mol. The third-order valence-corrected chi connectivity index (χ3v) is 6.28. The van der Waals surface area contributed by atoms with Crippen molar-refractivity contribution in [1.82, 2.24) is 0 Å². The number of carbonyl (C=O) groups excluding carboxylic acids is 2. The van der Waals surface area contributed by atoms with Crippen LogP contribution < -0.4 is 10.6 Å². The van der Waals surface area contributed by atoms with Gasteiger partial charge in [-0.3, -0.25) is 9.59 Å². The van der Waals surface area contributed by atoms with Crippen LogP contribution in [0.5, 0.6) is 0 Å². The van der Waals surface area contributed by atoms with E-state index in [1.165, 1.54) is 11.8 Å². The van der Waals surface area contributed by atoms with E-state index in [1.807, 2.05) is 80.6 Å². The molecule has 3 aromatic rings. The molecular weight excluding hydrogens is 428 g/mol. The second kappa shape index (κ2) is 11.0. The summed E-state index contributed by atoms with van der Waals surface area (Å²) in [5.41, 5.74) is 3.22. The van der Waals surface area contributed by atoms with Crippen LogP contribution in [0.1, 0.15) is 36.1 Å². The van der Waals surface area contributed by atoms with E-state index in [9.17, 15) is 9.59 Å². The Balaban J connectivity index is 1.82. The summed E-state index contributed by atoms with van der Waals surface area (Å²) in [6.07, 6.45) is 1.27. The zero-order chi connectivity index (χ0) is 22.2. The van der Waals surface area contributed by atoms with E-state index in [4.69, 9.17) is 11.6 Å². The van der Waals surface area contributed by atoms with Gasteiger partial charge in [-0.25, -0.2) is 0 Å². The molecule has 2 amide bonds. The lowest BCUT2D eigenvalue weighted by Gasteiger charge is -2.18. The number of anilines is 2. The minimum atomic E-state index is -0.470. The van der Waals surface area contributed by atoms with Crippen molar-refractivity contribution < 1.29 is 9.59 Å². The maximum Gasteiger partial charge on any atom is 0.242 e. The van der Waals surface area contributed by atoms with Crippen molar-refractivity contribution in [2.24, 2.45) is 0 Å². The molecule has 0 fully saturated rings. The van der Waals surface area contributed by atoms with Crippen molar-refractivity contribution in [2.45, 2.75) is 36.8 Å². The molecule has 0 aliphatic heterocycles. The van der Waals surface area contributed by atoms with Crippen LogP contribution in [0.15, 0.2) is 77.7 Å². The lowest BCUT2D eigenvalue weighted by atomic mass is 10.1. The molecule has 1 atom stereocenters. The van der Waals surface area contributed by atoms with E-state index in [0.29, 0.717) is 17.1 Å². The number of hydrogen-bond acceptors (Lipinski definition) is 3. The van der Waals surface area contributed by atoms with Crippen LogP contribution in [0.4, 0.5) is 11.4 Å². The topological polar surface area (TPSA) is 58.2 Å². The average Bonchev–Trinajstić information content (AvgIpc) is 2.75. The molecule has 0 aliphatic carbocycles. The van der Waals surface area contributed by atoms with Crippen molar-refractivity contribution in [3.63, 3.8) is 0 Å². The standard InChI is InChI=1S/C25H25ClN2O2S/c1-3-8-23(29)27-19-11-7-12-21(15-19)31-24(18-9-5-4-6-10-18)25(30)28-20-14-13-17(2)22(26)16-20/h4-7,9-16,24H,3,8H2,1-2H3,(H,27,29)(H,28,30). The van der Waals surface area contributed by atoms with Gasteiger partial charge in [-0.05, 0) is 54.8 Å². The highest BCUT2D eigenvalue weighted by atomic mass is 35.5. The monoisotopic (exact) mass is 452 g/mol. The van der Waals surface area contributed by atoms with Gasteiger partial charge in [-0.15, -0.1) is 11.8 Å². The van der Waals surface area contributed by atoms with Gasteiger partial charge in [0.25, 0.3) is 0 Å². The summed E-state index contributed by atoms with van der Waals surface area (Å²) < 4.78 is 0.